The molecule has 0 aliphatic heterocycles. The Hall–Kier alpha value is -1.55. The van der Waals surface area contributed by atoms with Gasteiger partial charge in [-0.25, -0.2) is 4.98 Å². The molecule has 2 rings (SSSR count). The molecule has 16 heavy (non-hydrogen) atoms. The monoisotopic (exact) mass is 234 g/mol. The third kappa shape index (κ3) is 2.17. The van der Waals surface area contributed by atoms with Crippen LogP contribution in [0.5, 0.6) is 5.75 Å². The molecule has 0 saturated carbocycles. The maximum atomic E-state index is 5.68. The van der Waals surface area contributed by atoms with Crippen molar-refractivity contribution in [2.75, 3.05) is 12.3 Å². The first kappa shape index (κ1) is 11.0. The third-order valence-electron chi connectivity index (χ3n) is 2.24. The standard InChI is InChI=1S/C12H14N2OS/c1-3-15-10-6-4-9(5-7-10)11-8(2)14-12(13)16-11/h4-7H,3H2,1-2H3,(H2,13,14). The van der Waals surface area contributed by atoms with Crippen LogP contribution in [0.3, 0.4) is 0 Å². The number of nitrogens with zero attached hydrogens (tertiary/aromatic N) is 1. The number of nitrogens with two attached hydrogens (primary N) is 1. The minimum absolute atomic E-state index is 0.612. The van der Waals surface area contributed by atoms with Gasteiger partial charge in [0.2, 0.25) is 0 Å². The van der Waals surface area contributed by atoms with E-state index in [-0.39, 0.29) is 0 Å². The molecule has 1 aromatic heterocycles. The number of nitrogen functional groups attached to an aromatic ring is 1. The summed E-state index contributed by atoms with van der Waals surface area (Å²) in [6.45, 7) is 4.63. The zero-order chi connectivity index (χ0) is 11.5. The van der Waals surface area contributed by atoms with Gasteiger partial charge >= 0.3 is 0 Å². The molecule has 2 aromatic rings. The summed E-state index contributed by atoms with van der Waals surface area (Å²) in [6, 6.07) is 8.00. The second kappa shape index (κ2) is 4.53. The predicted molar refractivity (Wildman–Crippen MR) is 67.9 cm³/mol. The fourth-order valence-electron chi connectivity index (χ4n) is 1.55. The van der Waals surface area contributed by atoms with Gasteiger partial charge in [-0.15, -0.1) is 0 Å². The normalized spacial score (nSPS) is 10.4. The number of thiazole rings is 1. The summed E-state index contributed by atoms with van der Waals surface area (Å²) in [4.78, 5) is 5.34. The van der Waals surface area contributed by atoms with E-state index in [1.807, 2.05) is 38.1 Å². The second-order valence-corrected chi connectivity index (χ2v) is 4.45. The van der Waals surface area contributed by atoms with E-state index in [4.69, 9.17) is 10.5 Å². The van der Waals surface area contributed by atoms with Crippen LogP contribution in [-0.4, -0.2) is 11.6 Å². The average Bonchev–Trinajstić information content (AvgIpc) is 2.59. The maximum Gasteiger partial charge on any atom is 0.180 e. The molecule has 0 fully saturated rings. The number of aryl methyl sites for hydroxylation is 1. The quantitative estimate of drug-likeness (QED) is 0.887. The Labute approximate surface area is 98.9 Å². The van der Waals surface area contributed by atoms with E-state index < -0.39 is 0 Å². The minimum atomic E-state index is 0.612. The average molecular weight is 234 g/mol. The molecule has 0 aliphatic rings. The molecule has 0 amide bonds. The molecule has 0 atom stereocenters. The van der Waals surface area contributed by atoms with Crippen molar-refractivity contribution >= 4 is 16.5 Å². The van der Waals surface area contributed by atoms with E-state index in [1.54, 1.807) is 0 Å². The van der Waals surface area contributed by atoms with Gasteiger partial charge in [0.1, 0.15) is 5.75 Å². The predicted octanol–water partition coefficient (Wildman–Crippen LogP) is 3.10. The van der Waals surface area contributed by atoms with E-state index in [1.165, 1.54) is 11.3 Å². The molecule has 0 unspecified atom stereocenters. The number of aromatic nitrogens is 1. The molecule has 2 N–H and O–H groups in total. The van der Waals surface area contributed by atoms with Gasteiger partial charge in [0.05, 0.1) is 17.2 Å². The van der Waals surface area contributed by atoms with Crippen LogP contribution in [0.15, 0.2) is 24.3 Å². The van der Waals surface area contributed by atoms with Crippen molar-refractivity contribution in [3.8, 4) is 16.2 Å². The van der Waals surface area contributed by atoms with Crippen molar-refractivity contribution in [1.82, 2.24) is 4.98 Å². The molecule has 0 saturated heterocycles. The van der Waals surface area contributed by atoms with Crippen molar-refractivity contribution in [2.45, 2.75) is 13.8 Å². The van der Waals surface area contributed by atoms with Gasteiger partial charge in [0.25, 0.3) is 0 Å². The molecule has 3 nitrogen and oxygen atoms in total. The molecule has 4 heteroatoms. The first-order chi connectivity index (χ1) is 7.70. The zero-order valence-corrected chi connectivity index (χ0v) is 10.2. The van der Waals surface area contributed by atoms with Gasteiger partial charge in [-0.3, -0.25) is 0 Å². The summed E-state index contributed by atoms with van der Waals surface area (Å²) in [7, 11) is 0. The smallest absolute Gasteiger partial charge is 0.180 e. The van der Waals surface area contributed by atoms with Crippen LogP contribution in [0, 0.1) is 6.92 Å². The minimum Gasteiger partial charge on any atom is -0.494 e. The number of hydrogen-bond donors (Lipinski definition) is 1. The third-order valence-corrected chi connectivity index (χ3v) is 3.28. The lowest BCUT2D eigenvalue weighted by molar-refractivity contribution is 0.340. The molecular weight excluding hydrogens is 220 g/mol. The van der Waals surface area contributed by atoms with Crippen molar-refractivity contribution in [1.29, 1.82) is 0 Å². The Balaban J connectivity index is 2.31. The van der Waals surface area contributed by atoms with E-state index >= 15 is 0 Å². The number of hydrogen-bond acceptors (Lipinski definition) is 4. The van der Waals surface area contributed by atoms with Gasteiger partial charge in [-0.1, -0.05) is 11.3 Å². The first-order valence-electron chi connectivity index (χ1n) is 5.17. The van der Waals surface area contributed by atoms with Gasteiger partial charge in [-0.05, 0) is 43.7 Å². The largest absolute Gasteiger partial charge is 0.494 e. The lowest BCUT2D eigenvalue weighted by Gasteiger charge is -2.03. The number of rotatable bonds is 3. The topological polar surface area (TPSA) is 48.1 Å². The fraction of sp³-hybridized carbons (Fsp3) is 0.250. The highest BCUT2D eigenvalue weighted by atomic mass is 32.1. The van der Waals surface area contributed by atoms with Crippen molar-refractivity contribution in [2.24, 2.45) is 0 Å². The van der Waals surface area contributed by atoms with E-state index in [0.29, 0.717) is 11.7 Å². The molecule has 0 radical (unpaired) electrons. The number of benzene rings is 1. The Bertz CT molecular complexity index is 476. The lowest BCUT2D eigenvalue weighted by atomic mass is 10.1. The van der Waals surface area contributed by atoms with E-state index in [0.717, 1.165) is 21.9 Å². The highest BCUT2D eigenvalue weighted by Crippen LogP contribution is 2.32. The van der Waals surface area contributed by atoms with Crippen molar-refractivity contribution in [3.63, 3.8) is 0 Å². The van der Waals surface area contributed by atoms with Crippen molar-refractivity contribution < 1.29 is 4.74 Å². The van der Waals surface area contributed by atoms with Crippen LogP contribution >= 0.6 is 11.3 Å². The summed E-state index contributed by atoms with van der Waals surface area (Å²) in [5, 5.41) is 0.612. The highest BCUT2D eigenvalue weighted by molar-refractivity contribution is 7.18. The number of anilines is 1. The van der Waals surface area contributed by atoms with E-state index in [9.17, 15) is 0 Å². The first-order valence-corrected chi connectivity index (χ1v) is 5.98. The summed E-state index contributed by atoms with van der Waals surface area (Å²) >= 11 is 1.51. The Morgan fingerprint density at radius 3 is 2.50 bits per heavy atom. The maximum absolute atomic E-state index is 5.68. The van der Waals surface area contributed by atoms with Crippen LogP contribution in [0.4, 0.5) is 5.13 Å². The van der Waals surface area contributed by atoms with Crippen LogP contribution in [0.25, 0.3) is 10.4 Å². The van der Waals surface area contributed by atoms with Gasteiger partial charge < -0.3 is 10.5 Å². The number of ether oxygens (including phenoxy) is 1. The fourth-order valence-corrected chi connectivity index (χ4v) is 2.39. The van der Waals surface area contributed by atoms with Crippen LogP contribution in [0.2, 0.25) is 0 Å². The lowest BCUT2D eigenvalue weighted by Crippen LogP contribution is -1.90. The Morgan fingerprint density at radius 1 is 1.31 bits per heavy atom. The van der Waals surface area contributed by atoms with Crippen LogP contribution in [-0.2, 0) is 0 Å². The Kier molecular flexibility index (Phi) is 3.10. The summed E-state index contributed by atoms with van der Waals surface area (Å²) in [5.74, 6) is 0.890. The van der Waals surface area contributed by atoms with Crippen LogP contribution in [0.1, 0.15) is 12.6 Å². The molecule has 0 aliphatic carbocycles. The zero-order valence-electron chi connectivity index (χ0n) is 9.36. The Morgan fingerprint density at radius 2 is 2.00 bits per heavy atom. The molecule has 1 aromatic carbocycles. The molecular formula is C12H14N2OS. The van der Waals surface area contributed by atoms with Gasteiger partial charge in [0.15, 0.2) is 5.13 Å². The van der Waals surface area contributed by atoms with Crippen molar-refractivity contribution in [3.05, 3.63) is 30.0 Å². The van der Waals surface area contributed by atoms with Gasteiger partial charge in [-0.2, -0.15) is 0 Å². The molecule has 0 spiro atoms. The molecule has 1 heterocycles. The van der Waals surface area contributed by atoms with E-state index in [2.05, 4.69) is 4.98 Å². The molecule has 84 valence electrons. The van der Waals surface area contributed by atoms with Gasteiger partial charge in [0, 0.05) is 0 Å². The second-order valence-electron chi connectivity index (χ2n) is 3.42. The SMILES string of the molecule is CCOc1ccc(-c2sc(N)nc2C)cc1. The summed E-state index contributed by atoms with van der Waals surface area (Å²) in [6.07, 6.45) is 0. The highest BCUT2D eigenvalue weighted by Gasteiger charge is 2.07. The summed E-state index contributed by atoms with van der Waals surface area (Å²) < 4.78 is 5.40. The molecule has 0 bridgehead atoms. The summed E-state index contributed by atoms with van der Waals surface area (Å²) in [5.41, 5.74) is 7.79. The van der Waals surface area contributed by atoms with Crippen LogP contribution < -0.4 is 10.5 Å².